The zero-order valence-corrected chi connectivity index (χ0v) is 24.9. The molecule has 0 spiro atoms. The number of amides is 1. The van der Waals surface area contributed by atoms with Crippen molar-refractivity contribution in [3.63, 3.8) is 0 Å². The molecule has 1 aromatic heterocycles. The van der Waals surface area contributed by atoms with Crippen molar-refractivity contribution in [2.24, 2.45) is 0 Å². The number of ether oxygens (including phenoxy) is 1. The predicted octanol–water partition coefficient (Wildman–Crippen LogP) is 4.55. The maximum absolute atomic E-state index is 13.0. The highest BCUT2D eigenvalue weighted by Crippen LogP contribution is 2.28. The number of carbonyl (C=O) groups is 1. The van der Waals surface area contributed by atoms with E-state index in [0.29, 0.717) is 74.2 Å². The fourth-order valence-corrected chi connectivity index (χ4v) is 5.65. The van der Waals surface area contributed by atoms with Crippen LogP contribution in [0.1, 0.15) is 31.4 Å². The third kappa shape index (κ3) is 9.48. The maximum atomic E-state index is 13.0. The van der Waals surface area contributed by atoms with Crippen molar-refractivity contribution in [2.45, 2.75) is 33.1 Å². The average Bonchev–Trinajstić information content (AvgIpc) is 3.33. The first-order valence-corrected chi connectivity index (χ1v) is 15.0. The summed E-state index contributed by atoms with van der Waals surface area (Å²) in [5.74, 6) is 0.154. The molecule has 0 aliphatic heterocycles. The summed E-state index contributed by atoms with van der Waals surface area (Å²) in [4.78, 5) is 31.5. The van der Waals surface area contributed by atoms with Crippen molar-refractivity contribution in [1.82, 2.24) is 20.1 Å². The van der Waals surface area contributed by atoms with Gasteiger partial charge in [0, 0.05) is 26.2 Å². The minimum atomic E-state index is -0.180. The van der Waals surface area contributed by atoms with Gasteiger partial charge in [-0.3, -0.25) is 9.59 Å². The monoisotopic (exact) mass is 596 g/mol. The smallest absolute Gasteiger partial charge is 0.305 e. The van der Waals surface area contributed by atoms with Crippen LogP contribution in [-0.2, 0) is 22.4 Å². The van der Waals surface area contributed by atoms with E-state index in [2.05, 4.69) is 29.0 Å². The lowest BCUT2D eigenvalue weighted by molar-refractivity contribution is -0.132. The molecule has 0 fully saturated rings. The third-order valence-electron chi connectivity index (χ3n) is 6.71. The van der Waals surface area contributed by atoms with Gasteiger partial charge in [-0.05, 0) is 55.7 Å². The minimum absolute atomic E-state index is 0.0714. The van der Waals surface area contributed by atoms with Crippen molar-refractivity contribution in [3.8, 4) is 5.75 Å². The van der Waals surface area contributed by atoms with E-state index in [4.69, 9.17) is 27.9 Å². The second-order valence-corrected chi connectivity index (χ2v) is 11.0. The quantitative estimate of drug-likeness (QED) is 0.198. The molecule has 3 aromatic rings. The van der Waals surface area contributed by atoms with Crippen LogP contribution in [0, 0.1) is 0 Å². The first-order chi connectivity index (χ1) is 18.8. The average molecular weight is 598 g/mol. The summed E-state index contributed by atoms with van der Waals surface area (Å²) in [6, 6.07) is 9.01. The highest BCUT2D eigenvalue weighted by atomic mass is 35.5. The van der Waals surface area contributed by atoms with Gasteiger partial charge < -0.3 is 29.9 Å². The molecule has 214 valence electrons. The molecule has 0 atom stereocenters. The van der Waals surface area contributed by atoms with Crippen LogP contribution >= 0.6 is 34.5 Å². The van der Waals surface area contributed by atoms with E-state index >= 15 is 0 Å². The van der Waals surface area contributed by atoms with Gasteiger partial charge in [0.1, 0.15) is 11.3 Å². The van der Waals surface area contributed by atoms with Gasteiger partial charge in [0.05, 0.1) is 34.4 Å². The predicted molar refractivity (Wildman–Crippen MR) is 161 cm³/mol. The number of aromatic nitrogens is 1. The molecule has 0 unspecified atom stereocenters. The fraction of sp³-hybridized carbons (Fsp3) is 0.500. The molecule has 2 aromatic carbocycles. The van der Waals surface area contributed by atoms with Crippen LogP contribution in [0.3, 0.4) is 0 Å². The number of hydrogen-bond donors (Lipinski definition) is 3. The van der Waals surface area contributed by atoms with E-state index in [-0.39, 0.29) is 16.5 Å². The number of nitrogens with one attached hydrogen (secondary N) is 2. The van der Waals surface area contributed by atoms with E-state index < -0.39 is 0 Å². The number of carbonyl (C=O) groups excluding carboxylic acids is 1. The van der Waals surface area contributed by atoms with E-state index in [1.807, 2.05) is 23.1 Å². The molecule has 3 N–H and O–H groups in total. The first kappa shape index (κ1) is 31.4. The molecule has 1 amide bonds. The zero-order valence-electron chi connectivity index (χ0n) is 22.6. The highest BCUT2D eigenvalue weighted by molar-refractivity contribution is 7.16. The largest absolute Gasteiger partial charge is 0.506 e. The van der Waals surface area contributed by atoms with Gasteiger partial charge in [-0.15, -0.1) is 0 Å². The summed E-state index contributed by atoms with van der Waals surface area (Å²) in [5, 5.41) is 14.5. The Morgan fingerprint density at radius 2 is 1.82 bits per heavy atom. The summed E-state index contributed by atoms with van der Waals surface area (Å²) in [6.45, 7) is 10.4. The fourth-order valence-electron chi connectivity index (χ4n) is 4.34. The van der Waals surface area contributed by atoms with Crippen molar-refractivity contribution < 1.29 is 14.6 Å². The lowest BCUT2D eigenvalue weighted by atomic mass is 10.1. The molecule has 0 saturated heterocycles. The first-order valence-electron chi connectivity index (χ1n) is 13.4. The number of phenolic OH excluding ortho intramolecular Hbond substituents is 1. The van der Waals surface area contributed by atoms with Crippen LogP contribution in [-0.4, -0.2) is 84.8 Å². The normalized spacial score (nSPS) is 11.5. The Balaban J connectivity index is 1.44. The molecule has 0 saturated carbocycles. The summed E-state index contributed by atoms with van der Waals surface area (Å²) in [5.41, 5.74) is 2.43. The number of thiazole rings is 1. The number of rotatable bonds is 17. The number of halogens is 2. The van der Waals surface area contributed by atoms with Gasteiger partial charge in [-0.2, -0.15) is 0 Å². The van der Waals surface area contributed by atoms with E-state index in [9.17, 15) is 14.7 Å². The van der Waals surface area contributed by atoms with Gasteiger partial charge in [-0.1, -0.05) is 66.6 Å². The Bertz CT molecular complexity index is 1260. The number of nitrogens with zero attached hydrogens (tertiary/aromatic N) is 2. The number of hydrogen-bond acceptors (Lipinski definition) is 7. The molecule has 3 rings (SSSR count). The molecule has 39 heavy (non-hydrogen) atoms. The van der Waals surface area contributed by atoms with Crippen LogP contribution in [0.2, 0.25) is 10.0 Å². The number of aromatic amines is 1. The maximum Gasteiger partial charge on any atom is 0.305 e. The Morgan fingerprint density at radius 3 is 2.59 bits per heavy atom. The summed E-state index contributed by atoms with van der Waals surface area (Å²) in [7, 11) is 0. The van der Waals surface area contributed by atoms with Crippen LogP contribution < -0.4 is 10.2 Å². The lowest BCUT2D eigenvalue weighted by Gasteiger charge is -2.27. The van der Waals surface area contributed by atoms with Crippen LogP contribution in [0.25, 0.3) is 10.2 Å². The topological polar surface area (TPSA) is 97.9 Å². The van der Waals surface area contributed by atoms with Crippen LogP contribution in [0.5, 0.6) is 5.75 Å². The summed E-state index contributed by atoms with van der Waals surface area (Å²) >= 11 is 13.4. The van der Waals surface area contributed by atoms with E-state index in [0.717, 1.165) is 46.8 Å². The number of H-pyrrole nitrogens is 1. The Morgan fingerprint density at radius 1 is 1.03 bits per heavy atom. The summed E-state index contributed by atoms with van der Waals surface area (Å²) < 4.78 is 6.53. The number of aromatic hydroxyl groups is 1. The molecule has 0 aliphatic rings. The van der Waals surface area contributed by atoms with Gasteiger partial charge in [0.2, 0.25) is 5.91 Å². The Kier molecular flexibility index (Phi) is 13.0. The van der Waals surface area contributed by atoms with Crippen LogP contribution in [0.4, 0.5) is 0 Å². The van der Waals surface area contributed by atoms with Crippen LogP contribution in [0.15, 0.2) is 35.1 Å². The lowest BCUT2D eigenvalue weighted by Crippen LogP contribution is -2.42. The number of likely N-dealkylation sites (N-methyl/N-ethyl adjacent to an activating group) is 1. The highest BCUT2D eigenvalue weighted by Gasteiger charge is 2.15. The molecule has 0 aliphatic carbocycles. The molecule has 8 nitrogen and oxygen atoms in total. The number of fused-ring (bicyclic) bond motifs is 1. The Labute approximate surface area is 243 Å². The van der Waals surface area contributed by atoms with Crippen molar-refractivity contribution >= 4 is 50.7 Å². The number of phenols is 1. The van der Waals surface area contributed by atoms with Crippen molar-refractivity contribution in [1.29, 1.82) is 0 Å². The second-order valence-electron chi connectivity index (χ2n) is 9.20. The summed E-state index contributed by atoms with van der Waals surface area (Å²) in [6.07, 6.45) is 1.66. The van der Waals surface area contributed by atoms with Gasteiger partial charge in [-0.25, -0.2) is 0 Å². The molecule has 0 bridgehead atoms. The Hall–Kier alpha value is -2.14. The van der Waals surface area contributed by atoms with E-state index in [1.165, 1.54) is 0 Å². The zero-order chi connectivity index (χ0) is 28.2. The molecular formula is C28H38Cl2N4O4S. The van der Waals surface area contributed by atoms with E-state index in [1.54, 1.807) is 12.1 Å². The standard InChI is InChI=1S/C28H38Cl2N4O4S/c1-3-33(4-2)16-17-34(24(36)12-19-38-18-11-20-6-5-7-22(29)25(20)30)15-14-31-13-10-21-8-9-23(35)26-27(21)39-28(37)32-26/h5-9,31,35H,3-4,10-19H2,1-2H3,(H,32,37). The molecule has 0 radical (unpaired) electrons. The van der Waals surface area contributed by atoms with Gasteiger partial charge in [0.15, 0.2) is 0 Å². The minimum Gasteiger partial charge on any atom is -0.506 e. The van der Waals surface area contributed by atoms with Gasteiger partial charge >= 0.3 is 4.87 Å². The third-order valence-corrected chi connectivity index (χ3v) is 8.53. The SMILES string of the molecule is CCN(CC)CCN(CCNCCc1ccc(O)c2[nH]c(=O)sc12)C(=O)CCOCCc1cccc(Cl)c1Cl. The van der Waals surface area contributed by atoms with Crippen molar-refractivity contribution in [2.75, 3.05) is 59.0 Å². The van der Waals surface area contributed by atoms with Gasteiger partial charge in [0.25, 0.3) is 0 Å². The van der Waals surface area contributed by atoms with Crippen molar-refractivity contribution in [3.05, 3.63) is 61.2 Å². The molecule has 11 heteroatoms. The molecular weight excluding hydrogens is 559 g/mol. The molecule has 1 heterocycles. The second kappa shape index (κ2) is 16.2. The number of benzene rings is 2.